The molecule has 0 unspecified atom stereocenters. The Morgan fingerprint density at radius 3 is 2.59 bits per heavy atom. The molecular formula is C21H21ClN2OS2. The van der Waals surface area contributed by atoms with Crippen LogP contribution in [0.1, 0.15) is 16.0 Å². The van der Waals surface area contributed by atoms with Crippen molar-refractivity contribution in [3.05, 3.63) is 76.0 Å². The molecule has 0 atom stereocenters. The number of rotatable bonds is 7. The smallest absolute Gasteiger partial charge is 0.229 e. The Labute approximate surface area is 172 Å². The second-order valence-corrected chi connectivity index (χ2v) is 8.50. The lowest BCUT2D eigenvalue weighted by Crippen LogP contribution is -2.17. The van der Waals surface area contributed by atoms with Crippen molar-refractivity contribution < 1.29 is 4.79 Å². The number of anilines is 2. The molecule has 1 N–H and O–H groups in total. The number of benzene rings is 2. The second kappa shape index (κ2) is 9.31. The molecule has 6 heteroatoms. The molecule has 0 saturated carbocycles. The van der Waals surface area contributed by atoms with Crippen LogP contribution in [0.15, 0.2) is 64.9 Å². The zero-order valence-corrected chi connectivity index (χ0v) is 17.6. The molecule has 1 amide bonds. The van der Waals surface area contributed by atoms with Crippen molar-refractivity contribution in [2.45, 2.75) is 24.8 Å². The molecule has 0 fully saturated rings. The zero-order valence-electron chi connectivity index (χ0n) is 15.2. The molecule has 3 aromatic rings. The first kappa shape index (κ1) is 19.8. The van der Waals surface area contributed by atoms with Crippen LogP contribution in [0.25, 0.3) is 0 Å². The average molecular weight is 417 g/mol. The van der Waals surface area contributed by atoms with Crippen LogP contribution in [0.2, 0.25) is 0 Å². The molecule has 0 spiro atoms. The predicted molar refractivity (Wildman–Crippen MR) is 118 cm³/mol. The quantitative estimate of drug-likeness (QED) is 0.503. The summed E-state index contributed by atoms with van der Waals surface area (Å²) in [7, 11) is 9.06. The number of nitrogens with one attached hydrogen (secondary N) is 1. The maximum Gasteiger partial charge on any atom is 0.229 e. The SMILES string of the molecule is Cc1cc(N(C)Cc2ccc(SCl)cc2)ccc1NC(=O)Cc1cccs1. The van der Waals surface area contributed by atoms with E-state index in [-0.39, 0.29) is 5.91 Å². The minimum absolute atomic E-state index is 0.0129. The third kappa shape index (κ3) is 5.51. The topological polar surface area (TPSA) is 32.3 Å². The molecule has 140 valence electrons. The van der Waals surface area contributed by atoms with Gasteiger partial charge in [-0.25, -0.2) is 0 Å². The molecular weight excluding hydrogens is 396 g/mol. The van der Waals surface area contributed by atoms with Crippen LogP contribution in [0.5, 0.6) is 0 Å². The molecule has 0 bridgehead atoms. The molecule has 27 heavy (non-hydrogen) atoms. The summed E-state index contributed by atoms with van der Waals surface area (Å²) >= 11 is 1.60. The monoisotopic (exact) mass is 416 g/mol. The predicted octanol–water partition coefficient (Wildman–Crippen LogP) is 6.12. The number of nitrogens with zero attached hydrogens (tertiary/aromatic N) is 1. The van der Waals surface area contributed by atoms with E-state index < -0.39 is 0 Å². The number of amides is 1. The van der Waals surface area contributed by atoms with Crippen molar-refractivity contribution in [3.63, 3.8) is 0 Å². The maximum atomic E-state index is 12.2. The molecule has 0 radical (unpaired) electrons. The fourth-order valence-corrected chi connectivity index (χ4v) is 4.05. The van der Waals surface area contributed by atoms with Crippen molar-refractivity contribution in [2.75, 3.05) is 17.3 Å². The van der Waals surface area contributed by atoms with Crippen LogP contribution in [0.4, 0.5) is 11.4 Å². The van der Waals surface area contributed by atoms with Crippen molar-refractivity contribution in [2.24, 2.45) is 0 Å². The number of hydrogen-bond acceptors (Lipinski definition) is 4. The van der Waals surface area contributed by atoms with Crippen LogP contribution in [0.3, 0.4) is 0 Å². The Kier molecular flexibility index (Phi) is 6.83. The molecule has 3 rings (SSSR count). The zero-order chi connectivity index (χ0) is 19.2. The first-order chi connectivity index (χ1) is 13.0. The Hall–Kier alpha value is -1.95. The molecule has 3 nitrogen and oxygen atoms in total. The minimum Gasteiger partial charge on any atom is -0.370 e. The summed E-state index contributed by atoms with van der Waals surface area (Å²) in [6.07, 6.45) is 0.412. The summed E-state index contributed by atoms with van der Waals surface area (Å²) in [6.45, 7) is 2.82. The van der Waals surface area contributed by atoms with Crippen molar-refractivity contribution in [1.29, 1.82) is 0 Å². The van der Waals surface area contributed by atoms with Gasteiger partial charge in [0.1, 0.15) is 0 Å². The molecule has 0 aliphatic carbocycles. The van der Waals surface area contributed by atoms with Gasteiger partial charge in [0, 0.05) is 34.7 Å². The van der Waals surface area contributed by atoms with E-state index in [4.69, 9.17) is 10.7 Å². The van der Waals surface area contributed by atoms with Gasteiger partial charge in [0.15, 0.2) is 0 Å². The third-order valence-corrected chi connectivity index (χ3v) is 6.13. The van der Waals surface area contributed by atoms with E-state index in [1.807, 2.05) is 48.7 Å². The van der Waals surface area contributed by atoms with Crippen LogP contribution in [-0.4, -0.2) is 13.0 Å². The number of carbonyl (C=O) groups excluding carboxylic acids is 1. The van der Waals surface area contributed by atoms with Crippen molar-refractivity contribution >= 4 is 50.3 Å². The Bertz CT molecular complexity index is 895. The van der Waals surface area contributed by atoms with Crippen molar-refractivity contribution in [1.82, 2.24) is 0 Å². The molecule has 0 aliphatic heterocycles. The van der Waals surface area contributed by atoms with E-state index in [1.54, 1.807) is 11.3 Å². The highest BCUT2D eigenvalue weighted by molar-refractivity contribution is 8.21. The van der Waals surface area contributed by atoms with Crippen LogP contribution >= 0.6 is 33.0 Å². The minimum atomic E-state index is 0.0129. The summed E-state index contributed by atoms with van der Waals surface area (Å²) in [5.41, 5.74) is 4.24. The summed E-state index contributed by atoms with van der Waals surface area (Å²) in [6, 6.07) is 18.3. The molecule has 2 aromatic carbocycles. The highest BCUT2D eigenvalue weighted by Gasteiger charge is 2.09. The van der Waals surface area contributed by atoms with Crippen LogP contribution < -0.4 is 10.2 Å². The average Bonchev–Trinajstić information content (AvgIpc) is 3.17. The van der Waals surface area contributed by atoms with E-state index in [9.17, 15) is 4.79 Å². The lowest BCUT2D eigenvalue weighted by Gasteiger charge is -2.21. The van der Waals surface area contributed by atoms with Gasteiger partial charge in [-0.05, 0) is 81.5 Å². The van der Waals surface area contributed by atoms with Gasteiger partial charge in [-0.15, -0.1) is 11.3 Å². The Morgan fingerprint density at radius 2 is 1.96 bits per heavy atom. The standard InChI is InChI=1S/C21H21ClN2OS2/c1-15-12-17(24(2)14-16-5-8-18(27-22)9-6-16)7-10-20(15)23-21(25)13-19-4-3-11-26-19/h3-12H,13-14H2,1-2H3,(H,23,25). The van der Waals surface area contributed by atoms with Crippen molar-refractivity contribution in [3.8, 4) is 0 Å². The van der Waals surface area contributed by atoms with E-state index in [2.05, 4.69) is 35.5 Å². The maximum absolute atomic E-state index is 12.2. The first-order valence-electron chi connectivity index (χ1n) is 8.56. The molecule has 0 saturated heterocycles. The van der Waals surface area contributed by atoms with Crippen LogP contribution in [-0.2, 0) is 17.8 Å². The van der Waals surface area contributed by atoms with Gasteiger partial charge >= 0.3 is 0 Å². The Morgan fingerprint density at radius 1 is 1.19 bits per heavy atom. The Balaban J connectivity index is 1.63. The van der Waals surface area contributed by atoms with E-state index in [1.165, 1.54) is 16.5 Å². The largest absolute Gasteiger partial charge is 0.370 e. The van der Waals surface area contributed by atoms with Gasteiger partial charge in [0.25, 0.3) is 0 Å². The van der Waals surface area contributed by atoms with E-state index in [0.717, 1.165) is 33.3 Å². The van der Waals surface area contributed by atoms with Gasteiger partial charge in [-0.3, -0.25) is 4.79 Å². The van der Waals surface area contributed by atoms with Gasteiger partial charge in [-0.1, -0.05) is 18.2 Å². The molecule has 1 heterocycles. The number of hydrogen-bond donors (Lipinski definition) is 1. The molecule has 0 aliphatic rings. The lowest BCUT2D eigenvalue weighted by molar-refractivity contribution is -0.115. The highest BCUT2D eigenvalue weighted by Crippen LogP contribution is 2.25. The molecule has 1 aromatic heterocycles. The number of aryl methyl sites for hydroxylation is 1. The van der Waals surface area contributed by atoms with Crippen LogP contribution in [0, 0.1) is 6.92 Å². The van der Waals surface area contributed by atoms with Gasteiger partial charge in [0.2, 0.25) is 5.91 Å². The number of thiophene rings is 1. The summed E-state index contributed by atoms with van der Waals surface area (Å²) < 4.78 is 0. The summed E-state index contributed by atoms with van der Waals surface area (Å²) in [5.74, 6) is 0.0129. The van der Waals surface area contributed by atoms with Gasteiger partial charge in [-0.2, -0.15) is 0 Å². The number of halogens is 1. The summed E-state index contributed by atoms with van der Waals surface area (Å²) in [5, 5.41) is 5.00. The second-order valence-electron chi connectivity index (χ2n) is 6.38. The fraction of sp³-hybridized carbons (Fsp3) is 0.190. The summed E-state index contributed by atoms with van der Waals surface area (Å²) in [4.78, 5) is 16.5. The normalized spacial score (nSPS) is 10.6. The first-order valence-corrected chi connectivity index (χ1v) is 11.1. The fourth-order valence-electron chi connectivity index (χ4n) is 2.80. The lowest BCUT2D eigenvalue weighted by atomic mass is 10.1. The third-order valence-electron chi connectivity index (χ3n) is 4.27. The highest BCUT2D eigenvalue weighted by atomic mass is 35.7. The van der Waals surface area contributed by atoms with E-state index in [0.29, 0.717) is 6.42 Å². The van der Waals surface area contributed by atoms with Gasteiger partial charge < -0.3 is 10.2 Å². The van der Waals surface area contributed by atoms with E-state index >= 15 is 0 Å². The number of carbonyl (C=O) groups is 1. The van der Waals surface area contributed by atoms with Gasteiger partial charge in [0.05, 0.1) is 6.42 Å².